The Morgan fingerprint density at radius 2 is 2.16 bits per heavy atom. The molecule has 19 heavy (non-hydrogen) atoms. The lowest BCUT2D eigenvalue weighted by molar-refractivity contribution is -0.141. The number of hydrogen-bond acceptors (Lipinski definition) is 5. The van der Waals surface area contributed by atoms with Gasteiger partial charge in [-0.25, -0.2) is 9.78 Å². The quantitative estimate of drug-likeness (QED) is 0.872. The number of anilines is 1. The van der Waals surface area contributed by atoms with Crippen LogP contribution in [0, 0.1) is 0 Å². The summed E-state index contributed by atoms with van der Waals surface area (Å²) >= 11 is 13.1. The molecule has 100 valence electrons. The summed E-state index contributed by atoms with van der Waals surface area (Å²) in [5, 5.41) is 4.05. The first kappa shape index (κ1) is 14.1. The van der Waals surface area contributed by atoms with E-state index in [1.807, 2.05) is 6.07 Å². The Balaban J connectivity index is 2.29. The first-order chi connectivity index (χ1) is 9.11. The molecule has 7 heteroatoms. The van der Waals surface area contributed by atoms with Crippen LogP contribution >= 0.6 is 34.5 Å². The zero-order chi connectivity index (χ0) is 13.8. The van der Waals surface area contributed by atoms with E-state index in [9.17, 15) is 4.79 Å². The Hall–Kier alpha value is -1.30. The topological polar surface area (TPSA) is 51.2 Å². The Morgan fingerprint density at radius 3 is 2.74 bits per heavy atom. The van der Waals surface area contributed by atoms with Gasteiger partial charge in [0, 0.05) is 0 Å². The normalized spacial score (nSPS) is 11.9. The van der Waals surface area contributed by atoms with Crippen LogP contribution in [0.3, 0.4) is 0 Å². The molecule has 1 aromatic carbocycles. The average molecular weight is 317 g/mol. The number of para-hydroxylation sites is 1. The molecule has 0 saturated heterocycles. The van der Waals surface area contributed by atoms with Crippen molar-refractivity contribution in [2.75, 3.05) is 12.4 Å². The van der Waals surface area contributed by atoms with Gasteiger partial charge in [0.2, 0.25) is 0 Å². The number of esters is 1. The third kappa shape index (κ3) is 3.37. The van der Waals surface area contributed by atoms with Gasteiger partial charge >= 0.3 is 5.97 Å². The van der Waals surface area contributed by atoms with Crippen molar-refractivity contribution in [3.05, 3.63) is 44.8 Å². The van der Waals surface area contributed by atoms with Crippen molar-refractivity contribution in [3.63, 3.8) is 0 Å². The van der Waals surface area contributed by atoms with Crippen LogP contribution in [0.2, 0.25) is 9.36 Å². The van der Waals surface area contributed by atoms with Gasteiger partial charge in [0.25, 0.3) is 0 Å². The predicted molar refractivity (Wildman–Crippen MR) is 77.0 cm³/mol. The van der Waals surface area contributed by atoms with Crippen LogP contribution in [-0.2, 0) is 9.53 Å². The van der Waals surface area contributed by atoms with Gasteiger partial charge in [-0.05, 0) is 12.1 Å². The first-order valence-corrected chi connectivity index (χ1v) is 6.89. The molecule has 2 aromatic rings. The third-order valence-corrected chi connectivity index (χ3v) is 3.86. The van der Waals surface area contributed by atoms with Crippen LogP contribution in [-0.4, -0.2) is 18.1 Å². The second kappa shape index (κ2) is 6.23. The van der Waals surface area contributed by atoms with Crippen LogP contribution in [0.5, 0.6) is 0 Å². The van der Waals surface area contributed by atoms with Crippen LogP contribution in [0.4, 0.5) is 5.69 Å². The first-order valence-electron chi connectivity index (χ1n) is 5.32. The van der Waals surface area contributed by atoms with Crippen molar-refractivity contribution in [2.24, 2.45) is 0 Å². The smallest absolute Gasteiger partial charge is 0.335 e. The number of carbonyl (C=O) groups is 1. The summed E-state index contributed by atoms with van der Waals surface area (Å²) in [4.78, 5) is 15.9. The Kier molecular flexibility index (Phi) is 4.63. The van der Waals surface area contributed by atoms with E-state index in [0.29, 0.717) is 20.1 Å². The summed E-state index contributed by atoms with van der Waals surface area (Å²) in [7, 11) is 1.32. The average Bonchev–Trinajstić information content (AvgIpc) is 2.83. The van der Waals surface area contributed by atoms with E-state index in [2.05, 4.69) is 10.3 Å². The zero-order valence-electron chi connectivity index (χ0n) is 9.89. The highest BCUT2D eigenvalue weighted by atomic mass is 35.5. The fourth-order valence-corrected chi connectivity index (χ4v) is 2.63. The molecule has 0 radical (unpaired) electrons. The number of hydrogen-bond donors (Lipinski definition) is 1. The van der Waals surface area contributed by atoms with Crippen molar-refractivity contribution in [1.29, 1.82) is 0 Å². The van der Waals surface area contributed by atoms with Crippen LogP contribution in [0.15, 0.2) is 30.5 Å². The van der Waals surface area contributed by atoms with Crippen molar-refractivity contribution in [3.8, 4) is 0 Å². The fourth-order valence-electron chi connectivity index (χ4n) is 1.47. The van der Waals surface area contributed by atoms with Crippen LogP contribution < -0.4 is 5.32 Å². The standard InChI is InChI=1S/C12H10Cl2N2O2S/c1-18-12(17)10(11-15-6-9(14)19-11)16-8-5-3-2-4-7(8)13/h2-6,10,16H,1H3. The van der Waals surface area contributed by atoms with Gasteiger partial charge in [-0.15, -0.1) is 11.3 Å². The summed E-state index contributed by atoms with van der Waals surface area (Å²) in [5.41, 5.74) is 0.630. The minimum Gasteiger partial charge on any atom is -0.467 e. The lowest BCUT2D eigenvalue weighted by Gasteiger charge is -2.16. The Bertz CT molecular complexity index is 589. The van der Waals surface area contributed by atoms with E-state index in [1.165, 1.54) is 24.6 Å². The molecule has 0 aliphatic rings. The monoisotopic (exact) mass is 316 g/mol. The van der Waals surface area contributed by atoms with Crippen molar-refractivity contribution in [2.45, 2.75) is 6.04 Å². The Labute approximate surface area is 124 Å². The largest absolute Gasteiger partial charge is 0.467 e. The summed E-state index contributed by atoms with van der Waals surface area (Å²) in [6, 6.07) is 6.39. The second-order valence-electron chi connectivity index (χ2n) is 3.58. The van der Waals surface area contributed by atoms with E-state index < -0.39 is 12.0 Å². The van der Waals surface area contributed by atoms with Crippen LogP contribution in [0.25, 0.3) is 0 Å². The number of nitrogens with one attached hydrogen (secondary N) is 1. The lowest BCUT2D eigenvalue weighted by atomic mass is 10.2. The molecule has 0 spiro atoms. The predicted octanol–water partition coefficient (Wildman–Crippen LogP) is 3.78. The number of halogens is 2. The molecule has 0 aliphatic heterocycles. The van der Waals surface area contributed by atoms with E-state index in [0.717, 1.165) is 0 Å². The number of thiazole rings is 1. The lowest BCUT2D eigenvalue weighted by Crippen LogP contribution is -2.22. The molecule has 4 nitrogen and oxygen atoms in total. The van der Waals surface area contributed by atoms with E-state index in [4.69, 9.17) is 27.9 Å². The molecule has 1 atom stereocenters. The van der Waals surface area contributed by atoms with E-state index >= 15 is 0 Å². The number of aromatic nitrogens is 1. The summed E-state index contributed by atoms with van der Waals surface area (Å²) in [6.07, 6.45) is 1.49. The number of methoxy groups -OCH3 is 1. The highest BCUT2D eigenvalue weighted by Gasteiger charge is 2.25. The highest BCUT2D eigenvalue weighted by molar-refractivity contribution is 7.16. The Morgan fingerprint density at radius 1 is 1.42 bits per heavy atom. The molecule has 0 amide bonds. The molecule has 1 aromatic heterocycles. The molecule has 2 rings (SSSR count). The van der Waals surface area contributed by atoms with Crippen LogP contribution in [0.1, 0.15) is 11.0 Å². The number of rotatable bonds is 4. The molecule has 1 heterocycles. The van der Waals surface area contributed by atoms with Gasteiger partial charge in [0.1, 0.15) is 9.34 Å². The molecule has 1 unspecified atom stereocenters. The SMILES string of the molecule is COC(=O)C(Nc1ccccc1Cl)c1ncc(Cl)s1. The number of carbonyl (C=O) groups excluding carboxylic acids is 1. The van der Waals surface area contributed by atoms with Gasteiger partial charge in [-0.2, -0.15) is 0 Å². The molecular weight excluding hydrogens is 307 g/mol. The molecule has 0 saturated carbocycles. The minimum absolute atomic E-state index is 0.453. The van der Waals surface area contributed by atoms with Crippen molar-refractivity contribution >= 4 is 46.2 Å². The summed E-state index contributed by atoms with van der Waals surface area (Å²) in [5.74, 6) is -0.453. The van der Waals surface area contributed by atoms with Crippen molar-refractivity contribution < 1.29 is 9.53 Å². The summed E-state index contributed by atoms with van der Waals surface area (Å²) in [6.45, 7) is 0. The van der Waals surface area contributed by atoms with Gasteiger partial charge in [0.05, 0.1) is 24.0 Å². The van der Waals surface area contributed by atoms with Gasteiger partial charge < -0.3 is 10.1 Å². The van der Waals surface area contributed by atoms with Gasteiger partial charge in [-0.1, -0.05) is 35.3 Å². The maximum atomic E-state index is 11.8. The highest BCUT2D eigenvalue weighted by Crippen LogP contribution is 2.30. The van der Waals surface area contributed by atoms with E-state index in [-0.39, 0.29) is 0 Å². The maximum absolute atomic E-state index is 11.8. The number of benzene rings is 1. The van der Waals surface area contributed by atoms with E-state index in [1.54, 1.807) is 18.2 Å². The maximum Gasteiger partial charge on any atom is 0.335 e. The van der Waals surface area contributed by atoms with Gasteiger partial charge in [0.15, 0.2) is 6.04 Å². The second-order valence-corrected chi connectivity index (χ2v) is 5.68. The van der Waals surface area contributed by atoms with Crippen molar-refractivity contribution in [1.82, 2.24) is 4.98 Å². The molecule has 1 N–H and O–H groups in total. The number of nitrogens with zero attached hydrogens (tertiary/aromatic N) is 1. The summed E-state index contributed by atoms with van der Waals surface area (Å²) < 4.78 is 5.27. The molecular formula is C12H10Cl2N2O2S. The fraction of sp³-hybridized carbons (Fsp3) is 0.167. The minimum atomic E-state index is -0.734. The zero-order valence-corrected chi connectivity index (χ0v) is 12.2. The molecule has 0 fully saturated rings. The van der Waals surface area contributed by atoms with Gasteiger partial charge in [-0.3, -0.25) is 0 Å². The molecule has 0 bridgehead atoms. The molecule has 0 aliphatic carbocycles. The number of ether oxygens (including phenoxy) is 1. The third-order valence-electron chi connectivity index (χ3n) is 2.35.